The highest BCUT2D eigenvalue weighted by atomic mass is 16.4. The van der Waals surface area contributed by atoms with Crippen LogP contribution in [0.5, 0.6) is 0 Å². The van der Waals surface area contributed by atoms with Gasteiger partial charge >= 0.3 is 5.97 Å². The number of carboxylic acids is 1. The van der Waals surface area contributed by atoms with Gasteiger partial charge in [-0.2, -0.15) is 0 Å². The summed E-state index contributed by atoms with van der Waals surface area (Å²) in [6.45, 7) is 1.85. The summed E-state index contributed by atoms with van der Waals surface area (Å²) in [6, 6.07) is 12.3. The van der Waals surface area contributed by atoms with Crippen LogP contribution in [0.4, 0.5) is 0 Å². The molecule has 21 heavy (non-hydrogen) atoms. The van der Waals surface area contributed by atoms with Gasteiger partial charge in [-0.3, -0.25) is 4.79 Å². The van der Waals surface area contributed by atoms with Crippen LogP contribution in [0, 0.1) is 6.92 Å². The summed E-state index contributed by atoms with van der Waals surface area (Å²) in [5, 5.41) is 9.34. The van der Waals surface area contributed by atoms with Gasteiger partial charge in [0.05, 0.1) is 5.56 Å². The molecule has 0 aliphatic heterocycles. The Morgan fingerprint density at radius 3 is 2.38 bits per heavy atom. The fraction of sp³-hybridized carbons (Fsp3) is 0.176. The molecule has 0 bridgehead atoms. The first-order chi connectivity index (χ1) is 9.90. The highest BCUT2D eigenvalue weighted by Gasteiger charge is 2.14. The van der Waals surface area contributed by atoms with Gasteiger partial charge in [-0.1, -0.05) is 29.8 Å². The Hall–Kier alpha value is -2.62. The van der Waals surface area contributed by atoms with Gasteiger partial charge in [0.1, 0.15) is 0 Å². The minimum absolute atomic E-state index is 0.110. The summed E-state index contributed by atoms with van der Waals surface area (Å²) in [5.74, 6) is -1.08. The lowest BCUT2D eigenvalue weighted by Gasteiger charge is -2.12. The molecule has 0 aliphatic rings. The highest BCUT2D eigenvalue weighted by molar-refractivity contribution is 5.98. The van der Waals surface area contributed by atoms with Crippen molar-refractivity contribution >= 4 is 11.9 Å². The zero-order chi connectivity index (χ0) is 15.6. The average Bonchev–Trinajstić information content (AvgIpc) is 2.46. The lowest BCUT2D eigenvalue weighted by molar-refractivity contribution is 0.0697. The Labute approximate surface area is 123 Å². The van der Waals surface area contributed by atoms with Crippen LogP contribution in [0.15, 0.2) is 42.5 Å². The fourth-order valence-corrected chi connectivity index (χ4v) is 2.16. The molecule has 0 aliphatic carbocycles. The van der Waals surface area contributed by atoms with Crippen molar-refractivity contribution in [2.45, 2.75) is 6.92 Å². The van der Waals surface area contributed by atoms with E-state index in [-0.39, 0.29) is 11.5 Å². The van der Waals surface area contributed by atoms with Crippen LogP contribution in [-0.2, 0) is 0 Å². The summed E-state index contributed by atoms with van der Waals surface area (Å²) in [5.41, 5.74) is 3.00. The third-order valence-electron chi connectivity index (χ3n) is 3.23. The van der Waals surface area contributed by atoms with Gasteiger partial charge in [0.25, 0.3) is 5.91 Å². The molecular weight excluding hydrogens is 266 g/mol. The molecule has 2 aromatic carbocycles. The van der Waals surface area contributed by atoms with Gasteiger partial charge in [-0.25, -0.2) is 4.79 Å². The van der Waals surface area contributed by atoms with E-state index in [1.807, 2.05) is 19.1 Å². The molecule has 0 atom stereocenters. The molecule has 2 rings (SSSR count). The standard InChI is InChI=1S/C17H17NO3/c1-11-7-8-14(15(9-11)17(20)21)12-5-4-6-13(10-12)16(19)18(2)3/h4-10H,1-3H3,(H,20,21). The molecule has 0 heterocycles. The third kappa shape index (κ3) is 3.11. The normalized spacial score (nSPS) is 10.2. The molecule has 0 radical (unpaired) electrons. The fourth-order valence-electron chi connectivity index (χ4n) is 2.16. The molecular formula is C17H17NO3. The number of amides is 1. The molecule has 0 spiro atoms. The van der Waals surface area contributed by atoms with E-state index in [1.165, 1.54) is 4.90 Å². The second-order valence-corrected chi connectivity index (χ2v) is 5.13. The number of carboxylic acid groups (broad SMARTS) is 1. The van der Waals surface area contributed by atoms with Crippen LogP contribution in [0.3, 0.4) is 0 Å². The van der Waals surface area contributed by atoms with Gasteiger partial charge < -0.3 is 10.0 Å². The predicted octanol–water partition coefficient (Wildman–Crippen LogP) is 3.06. The Morgan fingerprint density at radius 2 is 1.76 bits per heavy atom. The third-order valence-corrected chi connectivity index (χ3v) is 3.23. The second kappa shape index (κ2) is 5.79. The van der Waals surface area contributed by atoms with Crippen LogP contribution in [0.25, 0.3) is 11.1 Å². The molecule has 0 saturated carbocycles. The number of aryl methyl sites for hydroxylation is 1. The monoisotopic (exact) mass is 283 g/mol. The molecule has 0 unspecified atom stereocenters. The molecule has 0 aromatic heterocycles. The highest BCUT2D eigenvalue weighted by Crippen LogP contribution is 2.26. The van der Waals surface area contributed by atoms with Crippen molar-refractivity contribution in [3.63, 3.8) is 0 Å². The number of carbonyl (C=O) groups is 2. The van der Waals surface area contributed by atoms with E-state index in [2.05, 4.69) is 0 Å². The first-order valence-electron chi connectivity index (χ1n) is 6.56. The number of hydrogen-bond donors (Lipinski definition) is 1. The summed E-state index contributed by atoms with van der Waals surface area (Å²) in [6.07, 6.45) is 0. The van der Waals surface area contributed by atoms with E-state index in [0.717, 1.165) is 11.1 Å². The minimum Gasteiger partial charge on any atom is -0.478 e. The van der Waals surface area contributed by atoms with Crippen molar-refractivity contribution in [2.75, 3.05) is 14.1 Å². The minimum atomic E-state index is -0.974. The Balaban J connectivity index is 2.55. The van der Waals surface area contributed by atoms with Crippen molar-refractivity contribution < 1.29 is 14.7 Å². The van der Waals surface area contributed by atoms with Gasteiger partial charge in [0.2, 0.25) is 0 Å². The number of hydrogen-bond acceptors (Lipinski definition) is 2. The lowest BCUT2D eigenvalue weighted by atomic mass is 9.96. The zero-order valence-electron chi connectivity index (χ0n) is 12.3. The molecule has 1 N–H and O–H groups in total. The first-order valence-corrected chi connectivity index (χ1v) is 6.56. The van der Waals surface area contributed by atoms with Crippen molar-refractivity contribution in [1.29, 1.82) is 0 Å². The largest absolute Gasteiger partial charge is 0.478 e. The summed E-state index contributed by atoms with van der Waals surface area (Å²) in [7, 11) is 3.37. The van der Waals surface area contributed by atoms with E-state index < -0.39 is 5.97 Å². The summed E-state index contributed by atoms with van der Waals surface area (Å²) >= 11 is 0. The van der Waals surface area contributed by atoms with Crippen LogP contribution in [0.1, 0.15) is 26.3 Å². The molecule has 0 fully saturated rings. The SMILES string of the molecule is Cc1ccc(-c2cccc(C(=O)N(C)C)c2)c(C(=O)O)c1. The van der Waals surface area contributed by atoms with Gasteiger partial charge in [0.15, 0.2) is 0 Å². The summed E-state index contributed by atoms with van der Waals surface area (Å²) in [4.78, 5) is 24.9. The number of carbonyl (C=O) groups excluding carboxylic acids is 1. The zero-order valence-corrected chi connectivity index (χ0v) is 12.3. The van der Waals surface area contributed by atoms with Gasteiger partial charge in [0, 0.05) is 19.7 Å². The topological polar surface area (TPSA) is 57.6 Å². The first kappa shape index (κ1) is 14.8. The second-order valence-electron chi connectivity index (χ2n) is 5.13. The summed E-state index contributed by atoms with van der Waals surface area (Å²) < 4.78 is 0. The van der Waals surface area contributed by atoms with Crippen LogP contribution in [0.2, 0.25) is 0 Å². The Bertz CT molecular complexity index is 705. The lowest BCUT2D eigenvalue weighted by Crippen LogP contribution is -2.21. The van der Waals surface area contributed by atoms with Crippen molar-refractivity contribution in [1.82, 2.24) is 4.90 Å². The Morgan fingerprint density at radius 1 is 1.05 bits per heavy atom. The maximum Gasteiger partial charge on any atom is 0.336 e. The van der Waals surface area contributed by atoms with Crippen LogP contribution < -0.4 is 0 Å². The number of aromatic carboxylic acids is 1. The predicted molar refractivity (Wildman–Crippen MR) is 81.6 cm³/mol. The average molecular weight is 283 g/mol. The van der Waals surface area contributed by atoms with Gasteiger partial charge in [-0.05, 0) is 36.2 Å². The molecule has 0 saturated heterocycles. The van der Waals surface area contributed by atoms with E-state index in [0.29, 0.717) is 11.1 Å². The van der Waals surface area contributed by atoms with Crippen LogP contribution >= 0.6 is 0 Å². The van der Waals surface area contributed by atoms with Gasteiger partial charge in [-0.15, -0.1) is 0 Å². The quantitative estimate of drug-likeness (QED) is 0.941. The maximum absolute atomic E-state index is 12.0. The van der Waals surface area contributed by atoms with Crippen molar-refractivity contribution in [3.8, 4) is 11.1 Å². The number of nitrogens with zero attached hydrogens (tertiary/aromatic N) is 1. The number of rotatable bonds is 3. The molecule has 4 nitrogen and oxygen atoms in total. The van der Waals surface area contributed by atoms with E-state index in [4.69, 9.17) is 0 Å². The molecule has 1 amide bonds. The van der Waals surface area contributed by atoms with Crippen molar-refractivity contribution in [3.05, 3.63) is 59.2 Å². The van der Waals surface area contributed by atoms with E-state index in [1.54, 1.807) is 44.4 Å². The van der Waals surface area contributed by atoms with Crippen molar-refractivity contribution in [2.24, 2.45) is 0 Å². The molecule has 108 valence electrons. The Kier molecular flexibility index (Phi) is 4.08. The molecule has 4 heteroatoms. The smallest absolute Gasteiger partial charge is 0.336 e. The molecule has 2 aromatic rings. The van der Waals surface area contributed by atoms with E-state index >= 15 is 0 Å². The van der Waals surface area contributed by atoms with E-state index in [9.17, 15) is 14.7 Å². The number of benzene rings is 2. The van der Waals surface area contributed by atoms with Crippen LogP contribution in [-0.4, -0.2) is 36.0 Å². The maximum atomic E-state index is 12.0.